The smallest absolute Gasteiger partial charge is 0.251 e. The maximum Gasteiger partial charge on any atom is 0.251 e. The molecule has 1 aromatic heterocycles. The van der Waals surface area contributed by atoms with Crippen molar-refractivity contribution in [3.05, 3.63) is 58.9 Å². The number of carbonyl (C=O) groups excluding carboxylic acids is 1. The van der Waals surface area contributed by atoms with Gasteiger partial charge in [-0.2, -0.15) is 4.31 Å². The Labute approximate surface area is 158 Å². The molecule has 1 N–H and O–H groups in total. The van der Waals surface area contributed by atoms with E-state index < -0.39 is 10.0 Å². The van der Waals surface area contributed by atoms with E-state index in [1.54, 1.807) is 49.6 Å². The predicted molar refractivity (Wildman–Crippen MR) is 99.7 cm³/mol. The number of rotatable bonds is 4. The third-order valence-corrected chi connectivity index (χ3v) is 6.92. The van der Waals surface area contributed by atoms with Crippen LogP contribution in [0.2, 0.25) is 5.02 Å². The molecule has 1 amide bonds. The summed E-state index contributed by atoms with van der Waals surface area (Å²) in [6, 6.07) is 7.89. The van der Waals surface area contributed by atoms with Crippen LogP contribution < -0.4 is 5.32 Å². The number of nitrogens with one attached hydrogen (secondary N) is 1. The van der Waals surface area contributed by atoms with Gasteiger partial charge in [-0.3, -0.25) is 9.78 Å². The minimum Gasteiger partial charge on any atom is -0.348 e. The molecule has 3 rings (SSSR count). The molecule has 0 unspecified atom stereocenters. The van der Waals surface area contributed by atoms with Gasteiger partial charge in [0.05, 0.1) is 4.90 Å². The molecule has 0 saturated carbocycles. The number of carbonyl (C=O) groups is 1. The Balaban J connectivity index is 1.76. The molecular weight excluding hydrogens is 374 g/mol. The summed E-state index contributed by atoms with van der Waals surface area (Å²) < 4.78 is 27.4. The molecule has 0 aliphatic carbocycles. The van der Waals surface area contributed by atoms with Gasteiger partial charge < -0.3 is 5.32 Å². The normalized spacial score (nSPS) is 18.5. The zero-order valence-electron chi connectivity index (χ0n) is 14.4. The Morgan fingerprint density at radius 2 is 2.00 bits per heavy atom. The zero-order chi connectivity index (χ0) is 18.7. The van der Waals surface area contributed by atoms with Crippen LogP contribution in [0.5, 0.6) is 0 Å². The van der Waals surface area contributed by atoms with Gasteiger partial charge in [-0.25, -0.2) is 8.42 Å². The Hall–Kier alpha value is -1.96. The average Bonchev–Trinajstić information content (AvgIpc) is 2.65. The maximum absolute atomic E-state index is 13.0. The summed E-state index contributed by atoms with van der Waals surface area (Å²) in [4.78, 5) is 16.4. The van der Waals surface area contributed by atoms with Crippen LogP contribution in [0.4, 0.5) is 0 Å². The van der Waals surface area contributed by atoms with E-state index in [9.17, 15) is 13.2 Å². The SMILES string of the molecule is Cc1c(Cl)cccc1S(=O)(=O)N1CCC[C@H](NC(=O)c2ccncc2)C1. The first-order valence-electron chi connectivity index (χ1n) is 8.36. The number of halogens is 1. The van der Waals surface area contributed by atoms with Gasteiger partial charge >= 0.3 is 0 Å². The van der Waals surface area contributed by atoms with Gasteiger partial charge in [0.25, 0.3) is 5.91 Å². The lowest BCUT2D eigenvalue weighted by atomic mass is 10.1. The number of hydrogen-bond acceptors (Lipinski definition) is 4. The van der Waals surface area contributed by atoms with E-state index in [0.29, 0.717) is 29.1 Å². The second-order valence-corrected chi connectivity index (χ2v) is 8.59. The molecule has 2 aromatic rings. The van der Waals surface area contributed by atoms with E-state index in [1.165, 1.54) is 4.31 Å². The fraction of sp³-hybridized carbons (Fsp3) is 0.333. The van der Waals surface area contributed by atoms with Crippen LogP contribution in [-0.4, -0.2) is 42.7 Å². The molecule has 1 aliphatic heterocycles. The van der Waals surface area contributed by atoms with Gasteiger partial charge in [-0.15, -0.1) is 0 Å². The zero-order valence-corrected chi connectivity index (χ0v) is 15.9. The largest absolute Gasteiger partial charge is 0.348 e. The number of hydrogen-bond donors (Lipinski definition) is 1. The van der Waals surface area contributed by atoms with E-state index >= 15 is 0 Å². The predicted octanol–water partition coefficient (Wildman–Crippen LogP) is 2.63. The van der Waals surface area contributed by atoms with Crippen LogP contribution in [0.1, 0.15) is 28.8 Å². The fourth-order valence-corrected chi connectivity index (χ4v) is 5.06. The van der Waals surface area contributed by atoms with Crippen molar-refractivity contribution in [2.24, 2.45) is 0 Å². The molecule has 1 aromatic carbocycles. The first kappa shape index (κ1) is 18.8. The molecule has 0 radical (unpaired) electrons. The van der Waals surface area contributed by atoms with Crippen LogP contribution in [0.25, 0.3) is 0 Å². The summed E-state index contributed by atoms with van der Waals surface area (Å²) >= 11 is 6.08. The second-order valence-electron chi connectivity index (χ2n) is 6.27. The summed E-state index contributed by atoms with van der Waals surface area (Å²) in [7, 11) is -3.66. The molecule has 138 valence electrons. The first-order chi connectivity index (χ1) is 12.4. The lowest BCUT2D eigenvalue weighted by molar-refractivity contribution is 0.0921. The van der Waals surface area contributed by atoms with Crippen molar-refractivity contribution in [2.75, 3.05) is 13.1 Å². The van der Waals surface area contributed by atoms with Crippen molar-refractivity contribution >= 4 is 27.5 Å². The van der Waals surface area contributed by atoms with Gasteiger partial charge in [0.1, 0.15) is 0 Å². The number of nitrogens with zero attached hydrogens (tertiary/aromatic N) is 2. The summed E-state index contributed by atoms with van der Waals surface area (Å²) in [5.41, 5.74) is 1.04. The monoisotopic (exact) mass is 393 g/mol. The minimum atomic E-state index is -3.66. The number of benzene rings is 1. The highest BCUT2D eigenvalue weighted by Crippen LogP contribution is 2.27. The lowest BCUT2D eigenvalue weighted by Gasteiger charge is -2.32. The van der Waals surface area contributed by atoms with Crippen molar-refractivity contribution in [1.29, 1.82) is 0 Å². The average molecular weight is 394 g/mol. The molecular formula is C18H20ClN3O3S. The number of sulfonamides is 1. The van der Waals surface area contributed by atoms with Gasteiger partial charge in [-0.1, -0.05) is 17.7 Å². The molecule has 6 nitrogen and oxygen atoms in total. The van der Waals surface area contributed by atoms with Crippen LogP contribution in [0, 0.1) is 6.92 Å². The van der Waals surface area contributed by atoms with Crippen molar-refractivity contribution in [1.82, 2.24) is 14.6 Å². The molecule has 0 bridgehead atoms. The highest BCUT2D eigenvalue weighted by atomic mass is 35.5. The lowest BCUT2D eigenvalue weighted by Crippen LogP contribution is -2.49. The second kappa shape index (κ2) is 7.73. The van der Waals surface area contributed by atoms with Crippen molar-refractivity contribution < 1.29 is 13.2 Å². The topological polar surface area (TPSA) is 79.4 Å². The Bertz CT molecular complexity index is 903. The molecule has 1 atom stereocenters. The van der Waals surface area contributed by atoms with Crippen molar-refractivity contribution in [3.8, 4) is 0 Å². The third-order valence-electron chi connectivity index (χ3n) is 4.50. The van der Waals surface area contributed by atoms with Gasteiger partial charge in [0.15, 0.2) is 0 Å². The van der Waals surface area contributed by atoms with Crippen LogP contribution in [0.15, 0.2) is 47.6 Å². The van der Waals surface area contributed by atoms with E-state index in [-0.39, 0.29) is 23.4 Å². The van der Waals surface area contributed by atoms with E-state index in [2.05, 4.69) is 10.3 Å². The molecule has 26 heavy (non-hydrogen) atoms. The Morgan fingerprint density at radius 3 is 2.73 bits per heavy atom. The molecule has 8 heteroatoms. The number of pyridine rings is 1. The van der Waals surface area contributed by atoms with Crippen molar-refractivity contribution in [2.45, 2.75) is 30.7 Å². The summed E-state index contributed by atoms with van der Waals surface area (Å²) in [6.07, 6.45) is 4.51. The van der Waals surface area contributed by atoms with E-state index in [0.717, 1.165) is 6.42 Å². The van der Waals surface area contributed by atoms with Gasteiger partial charge in [0, 0.05) is 42.1 Å². The number of aromatic nitrogens is 1. The van der Waals surface area contributed by atoms with Gasteiger partial charge in [-0.05, 0) is 49.6 Å². The summed E-state index contributed by atoms with van der Waals surface area (Å²) in [5, 5.41) is 3.34. The Kier molecular flexibility index (Phi) is 5.60. The number of piperidine rings is 1. The quantitative estimate of drug-likeness (QED) is 0.865. The molecule has 1 fully saturated rings. The van der Waals surface area contributed by atoms with Crippen LogP contribution >= 0.6 is 11.6 Å². The third kappa shape index (κ3) is 3.90. The van der Waals surface area contributed by atoms with Crippen LogP contribution in [0.3, 0.4) is 0 Å². The van der Waals surface area contributed by atoms with Crippen LogP contribution in [-0.2, 0) is 10.0 Å². The summed E-state index contributed by atoms with van der Waals surface area (Å²) in [5.74, 6) is -0.226. The molecule has 1 saturated heterocycles. The highest BCUT2D eigenvalue weighted by Gasteiger charge is 2.32. The summed E-state index contributed by atoms with van der Waals surface area (Å²) in [6.45, 7) is 2.36. The maximum atomic E-state index is 13.0. The molecule has 2 heterocycles. The molecule has 1 aliphatic rings. The van der Waals surface area contributed by atoms with E-state index in [4.69, 9.17) is 11.6 Å². The van der Waals surface area contributed by atoms with Gasteiger partial charge in [0.2, 0.25) is 10.0 Å². The molecule has 0 spiro atoms. The fourth-order valence-electron chi connectivity index (χ4n) is 3.06. The highest BCUT2D eigenvalue weighted by molar-refractivity contribution is 7.89. The van der Waals surface area contributed by atoms with Crippen molar-refractivity contribution in [3.63, 3.8) is 0 Å². The standard InChI is InChI=1S/C18H20ClN3O3S/c1-13-16(19)5-2-6-17(13)26(24,25)22-11-3-4-15(12-22)21-18(23)14-7-9-20-10-8-14/h2,5-10,15H,3-4,11-12H2,1H3,(H,21,23)/t15-/m0/s1. The van der Waals surface area contributed by atoms with E-state index in [1.807, 2.05) is 0 Å². The first-order valence-corrected chi connectivity index (χ1v) is 10.2. The Morgan fingerprint density at radius 1 is 1.27 bits per heavy atom. The minimum absolute atomic E-state index is 0.214. The number of amides is 1.